The van der Waals surface area contributed by atoms with Crippen molar-refractivity contribution in [3.8, 4) is 0 Å². The molecule has 8 heteroatoms. The van der Waals surface area contributed by atoms with Crippen LogP contribution in [0.2, 0.25) is 0 Å². The van der Waals surface area contributed by atoms with E-state index < -0.39 is 64.2 Å². The van der Waals surface area contributed by atoms with Gasteiger partial charge in [0.15, 0.2) is 18.1 Å². The maximum Gasteiger partial charge on any atom is 0.509 e. The summed E-state index contributed by atoms with van der Waals surface area (Å²) in [6.07, 6.45) is 3.12. The zero-order valence-electron chi connectivity index (χ0n) is 21.4. The lowest BCUT2D eigenvalue weighted by molar-refractivity contribution is -0.219. The maximum atomic E-state index is 17.2. The summed E-state index contributed by atoms with van der Waals surface area (Å²) < 4.78 is 27.3. The van der Waals surface area contributed by atoms with Crippen molar-refractivity contribution in [2.45, 2.75) is 90.2 Å². The highest BCUT2D eigenvalue weighted by molar-refractivity contribution is 6.01. The Hall–Kier alpha value is -2.06. The molecule has 4 rings (SSSR count). The lowest BCUT2D eigenvalue weighted by Crippen LogP contribution is -2.69. The summed E-state index contributed by atoms with van der Waals surface area (Å²) in [5.41, 5.74) is -6.33. The molecule has 3 saturated carbocycles. The van der Waals surface area contributed by atoms with Gasteiger partial charge in [0.2, 0.25) is 5.78 Å². The fourth-order valence-electron chi connectivity index (χ4n) is 7.65. The van der Waals surface area contributed by atoms with Crippen molar-refractivity contribution >= 4 is 17.7 Å². The molecule has 0 spiro atoms. The molecule has 0 aliphatic heterocycles. The second kappa shape index (κ2) is 7.97. The third-order valence-corrected chi connectivity index (χ3v) is 9.36. The van der Waals surface area contributed by atoms with E-state index >= 15 is 4.39 Å². The Morgan fingerprint density at radius 3 is 2.51 bits per heavy atom. The number of alkyl halides is 1. The van der Waals surface area contributed by atoms with E-state index in [1.165, 1.54) is 12.2 Å². The number of Topliss-reactive ketones (excluding diaryl/α,β-unsaturated/α-hetero) is 1. The number of hydrogen-bond donors (Lipinski definition) is 2. The van der Waals surface area contributed by atoms with Gasteiger partial charge in [-0.1, -0.05) is 25.5 Å². The van der Waals surface area contributed by atoms with Gasteiger partial charge in [-0.15, -0.1) is 0 Å². The first-order valence-corrected chi connectivity index (χ1v) is 12.4. The van der Waals surface area contributed by atoms with Gasteiger partial charge in [-0.3, -0.25) is 9.59 Å². The van der Waals surface area contributed by atoms with Crippen LogP contribution >= 0.6 is 0 Å². The van der Waals surface area contributed by atoms with Crippen LogP contribution in [0.1, 0.15) is 67.2 Å². The highest BCUT2D eigenvalue weighted by atomic mass is 19.1. The molecule has 0 amide bonds. The van der Waals surface area contributed by atoms with E-state index in [1.54, 1.807) is 47.6 Å². The summed E-state index contributed by atoms with van der Waals surface area (Å²) in [4.78, 5) is 37.3. The molecular formula is C27H37FO7. The standard InChI is InChI=1S/C27H37FO7/c1-15-11-19-18-8-7-16-12-17(29)9-10-24(16,5)26(18,28)20(30)13-25(19,6)27(15,33)21(31)14-34-22(32)35-23(2,3)4/h9-10,12,15,18-20,30,33H,7-8,11,13-14H2,1-6H3/t15-,18+,19+,20+,24+,25+,26+,27+/m1/s1. The molecule has 0 saturated heterocycles. The van der Waals surface area contributed by atoms with E-state index in [4.69, 9.17) is 9.47 Å². The molecule has 0 aromatic rings. The SMILES string of the molecule is C[C@@H]1C[C@H]2[C@@H]3CCC4=CC(=O)C=C[C@]4(C)[C@@]3(F)[C@@H](O)C[C@]2(C)[C@@]1(O)C(=O)COC(=O)OC(C)(C)C. The molecule has 3 fully saturated rings. The summed E-state index contributed by atoms with van der Waals surface area (Å²) in [6.45, 7) is 9.55. The monoisotopic (exact) mass is 492 g/mol. The molecule has 0 bridgehead atoms. The molecule has 0 aromatic carbocycles. The van der Waals surface area contributed by atoms with Gasteiger partial charge >= 0.3 is 6.16 Å². The van der Waals surface area contributed by atoms with Crippen molar-refractivity contribution in [2.75, 3.05) is 6.61 Å². The van der Waals surface area contributed by atoms with Crippen LogP contribution in [0.15, 0.2) is 23.8 Å². The van der Waals surface area contributed by atoms with Gasteiger partial charge < -0.3 is 19.7 Å². The second-order valence-electron chi connectivity index (χ2n) is 12.3. The average molecular weight is 493 g/mol. The van der Waals surface area contributed by atoms with Crippen LogP contribution in [0.5, 0.6) is 0 Å². The molecule has 2 N–H and O–H groups in total. The molecule has 7 nitrogen and oxygen atoms in total. The van der Waals surface area contributed by atoms with Crippen molar-refractivity contribution in [1.29, 1.82) is 0 Å². The van der Waals surface area contributed by atoms with Crippen molar-refractivity contribution < 1.29 is 38.5 Å². The lowest BCUT2D eigenvalue weighted by atomic mass is 9.44. The molecule has 194 valence electrons. The third kappa shape index (κ3) is 3.54. The molecule has 0 heterocycles. The number of aliphatic hydroxyl groups excluding tert-OH is 1. The van der Waals surface area contributed by atoms with Crippen molar-refractivity contribution in [2.24, 2.45) is 28.6 Å². The summed E-state index contributed by atoms with van der Waals surface area (Å²) in [5.74, 6) is -2.40. The predicted molar refractivity (Wildman–Crippen MR) is 125 cm³/mol. The number of ketones is 2. The highest BCUT2D eigenvalue weighted by Gasteiger charge is 2.75. The molecule has 8 atom stereocenters. The van der Waals surface area contributed by atoms with Gasteiger partial charge in [0.25, 0.3) is 0 Å². The Bertz CT molecular complexity index is 1010. The summed E-state index contributed by atoms with van der Waals surface area (Å²) in [7, 11) is 0. The van der Waals surface area contributed by atoms with Gasteiger partial charge in [0, 0.05) is 16.7 Å². The Morgan fingerprint density at radius 2 is 1.89 bits per heavy atom. The molecule has 4 aliphatic carbocycles. The number of fused-ring (bicyclic) bond motifs is 5. The Morgan fingerprint density at radius 1 is 1.23 bits per heavy atom. The van der Waals surface area contributed by atoms with Crippen molar-refractivity contribution in [1.82, 2.24) is 0 Å². The Balaban J connectivity index is 1.64. The number of rotatable bonds is 3. The quantitative estimate of drug-likeness (QED) is 0.576. The zero-order chi connectivity index (χ0) is 26.2. The summed E-state index contributed by atoms with van der Waals surface area (Å²) in [5, 5.41) is 23.2. The summed E-state index contributed by atoms with van der Waals surface area (Å²) in [6, 6.07) is 0. The van der Waals surface area contributed by atoms with Crippen LogP contribution < -0.4 is 0 Å². The Kier molecular flexibility index (Phi) is 5.92. The number of aliphatic hydroxyl groups is 2. The number of carbonyl (C=O) groups excluding carboxylic acids is 3. The molecular weight excluding hydrogens is 455 g/mol. The fourth-order valence-corrected chi connectivity index (χ4v) is 7.65. The largest absolute Gasteiger partial charge is 0.509 e. The second-order valence-corrected chi connectivity index (χ2v) is 12.3. The first kappa shape index (κ1) is 26.0. The fraction of sp³-hybridized carbons (Fsp3) is 0.741. The summed E-state index contributed by atoms with van der Waals surface area (Å²) >= 11 is 0. The van der Waals surface area contributed by atoms with Crippen LogP contribution in [-0.4, -0.2) is 57.5 Å². The van der Waals surface area contributed by atoms with E-state index in [9.17, 15) is 24.6 Å². The lowest BCUT2D eigenvalue weighted by Gasteiger charge is -2.62. The minimum Gasteiger partial charge on any atom is -0.429 e. The van der Waals surface area contributed by atoms with E-state index in [0.717, 1.165) is 0 Å². The number of allylic oxidation sites excluding steroid dienone is 4. The van der Waals surface area contributed by atoms with Gasteiger partial charge in [0.05, 0.1) is 6.10 Å². The number of hydrogen-bond acceptors (Lipinski definition) is 7. The van der Waals surface area contributed by atoms with Gasteiger partial charge in [-0.05, 0) is 77.4 Å². The van der Waals surface area contributed by atoms with Gasteiger partial charge in [-0.25, -0.2) is 9.18 Å². The molecule has 0 aromatic heterocycles. The van der Waals surface area contributed by atoms with Crippen molar-refractivity contribution in [3.63, 3.8) is 0 Å². The van der Waals surface area contributed by atoms with Crippen LogP contribution in [0, 0.1) is 28.6 Å². The first-order valence-electron chi connectivity index (χ1n) is 12.4. The number of ether oxygens (including phenoxy) is 2. The van der Waals surface area contributed by atoms with E-state index in [1.807, 2.05) is 0 Å². The normalized spacial score (nSPS) is 44.6. The molecule has 0 unspecified atom stereocenters. The highest BCUT2D eigenvalue weighted by Crippen LogP contribution is 2.70. The minimum absolute atomic E-state index is 0.131. The van der Waals surface area contributed by atoms with Crippen LogP contribution in [0.4, 0.5) is 9.18 Å². The molecule has 4 aliphatic rings. The van der Waals surface area contributed by atoms with Crippen LogP contribution in [0.3, 0.4) is 0 Å². The third-order valence-electron chi connectivity index (χ3n) is 9.36. The number of carbonyl (C=O) groups is 3. The van der Waals surface area contributed by atoms with Crippen molar-refractivity contribution in [3.05, 3.63) is 23.8 Å². The van der Waals surface area contributed by atoms with E-state index in [2.05, 4.69) is 0 Å². The average Bonchev–Trinajstić information content (AvgIpc) is 2.94. The van der Waals surface area contributed by atoms with Crippen LogP contribution in [0.25, 0.3) is 0 Å². The smallest absolute Gasteiger partial charge is 0.429 e. The predicted octanol–water partition coefficient (Wildman–Crippen LogP) is 3.86. The first-order chi connectivity index (χ1) is 16.0. The maximum absolute atomic E-state index is 17.2. The van der Waals surface area contributed by atoms with E-state index in [0.29, 0.717) is 24.8 Å². The van der Waals surface area contributed by atoms with Gasteiger partial charge in [-0.2, -0.15) is 0 Å². The van der Waals surface area contributed by atoms with Crippen LogP contribution in [-0.2, 0) is 19.1 Å². The Labute approximate surface area is 205 Å². The zero-order valence-corrected chi connectivity index (χ0v) is 21.4. The van der Waals surface area contributed by atoms with Gasteiger partial charge in [0.1, 0.15) is 11.2 Å². The molecule has 35 heavy (non-hydrogen) atoms. The van der Waals surface area contributed by atoms with E-state index in [-0.39, 0.29) is 18.1 Å². The molecule has 0 radical (unpaired) electrons. The topological polar surface area (TPSA) is 110 Å². The number of halogens is 1. The minimum atomic E-state index is -2.04.